The van der Waals surface area contributed by atoms with Crippen molar-refractivity contribution in [3.05, 3.63) is 130 Å². The Bertz CT molecular complexity index is 1760. The number of fused-ring (bicyclic) bond motifs is 1. The van der Waals surface area contributed by atoms with E-state index < -0.39 is 15.9 Å². The molecule has 0 unspecified atom stereocenters. The normalized spacial score (nSPS) is 11.6. The zero-order valence-corrected chi connectivity index (χ0v) is 23.3. The molecule has 198 valence electrons. The number of halogens is 1. The number of aromatic nitrogens is 2. The highest BCUT2D eigenvalue weighted by Gasteiger charge is 2.20. The lowest BCUT2D eigenvalue weighted by Crippen LogP contribution is -2.30. The third kappa shape index (κ3) is 6.05. The van der Waals surface area contributed by atoms with E-state index in [4.69, 9.17) is 11.6 Å². The number of nitrogens with one attached hydrogen (secondary N) is 1. The number of amides is 1. The number of rotatable bonds is 8. The second-order valence-corrected chi connectivity index (χ2v) is 11.7. The molecule has 5 rings (SSSR count). The number of hydrogen-bond acceptors (Lipinski definition) is 4. The molecule has 1 aromatic heterocycles. The van der Waals surface area contributed by atoms with E-state index >= 15 is 0 Å². The van der Waals surface area contributed by atoms with Gasteiger partial charge in [0, 0.05) is 10.6 Å². The minimum absolute atomic E-state index is 0.0327. The van der Waals surface area contributed by atoms with E-state index in [0.717, 1.165) is 40.9 Å². The van der Waals surface area contributed by atoms with E-state index in [0.29, 0.717) is 17.1 Å². The highest BCUT2D eigenvalue weighted by atomic mass is 35.5. The summed E-state index contributed by atoms with van der Waals surface area (Å²) in [4.78, 5) is 17.6. The van der Waals surface area contributed by atoms with Crippen molar-refractivity contribution in [3.8, 4) is 0 Å². The largest absolute Gasteiger partial charge is 0.324 e. The van der Waals surface area contributed by atoms with Crippen LogP contribution in [0.2, 0.25) is 5.02 Å². The van der Waals surface area contributed by atoms with Crippen LogP contribution in [-0.4, -0.2) is 23.9 Å². The van der Waals surface area contributed by atoms with Gasteiger partial charge in [-0.05, 0) is 79.8 Å². The van der Waals surface area contributed by atoms with Crippen LogP contribution >= 0.6 is 11.6 Å². The van der Waals surface area contributed by atoms with Crippen molar-refractivity contribution in [1.29, 1.82) is 0 Å². The van der Waals surface area contributed by atoms with Crippen LogP contribution in [-0.2, 0) is 29.4 Å². The number of carbonyl (C=O) groups excluding carboxylic acids is 1. The first-order valence-electron chi connectivity index (χ1n) is 12.6. The number of aryl methyl sites for hydroxylation is 4. The predicted molar refractivity (Wildman–Crippen MR) is 155 cm³/mol. The van der Waals surface area contributed by atoms with Gasteiger partial charge in [-0.15, -0.1) is 0 Å². The maximum atomic E-state index is 12.9. The van der Waals surface area contributed by atoms with E-state index in [9.17, 15) is 13.2 Å². The SMILES string of the molecule is Cc1ccc(S(=O)(=O)NC(=O)c2ccc3nc(C)n(Cc4ccc(CCc5ccccc5)cc4Cl)c3c2)cc1. The summed E-state index contributed by atoms with van der Waals surface area (Å²) in [5.74, 6) is 0.0581. The minimum atomic E-state index is -4.00. The van der Waals surface area contributed by atoms with Crippen molar-refractivity contribution in [1.82, 2.24) is 14.3 Å². The average Bonchev–Trinajstić information content (AvgIpc) is 3.23. The molecule has 1 amide bonds. The molecule has 0 fully saturated rings. The Morgan fingerprint density at radius 3 is 2.31 bits per heavy atom. The monoisotopic (exact) mass is 557 g/mol. The molecule has 6 nitrogen and oxygen atoms in total. The Labute approximate surface area is 233 Å². The summed E-state index contributed by atoms with van der Waals surface area (Å²) in [6.07, 6.45) is 1.83. The molecule has 8 heteroatoms. The van der Waals surface area contributed by atoms with Gasteiger partial charge >= 0.3 is 0 Å². The third-order valence-corrected chi connectivity index (χ3v) is 8.45. The average molecular weight is 558 g/mol. The number of carbonyl (C=O) groups is 1. The van der Waals surface area contributed by atoms with Crippen LogP contribution in [0.1, 0.15) is 38.4 Å². The van der Waals surface area contributed by atoms with E-state index in [1.54, 1.807) is 30.3 Å². The number of benzene rings is 4. The Kier molecular flexibility index (Phi) is 7.55. The van der Waals surface area contributed by atoms with Crippen molar-refractivity contribution in [2.75, 3.05) is 0 Å². The molecule has 1 N–H and O–H groups in total. The van der Waals surface area contributed by atoms with Crippen molar-refractivity contribution in [2.24, 2.45) is 0 Å². The summed E-state index contributed by atoms with van der Waals surface area (Å²) < 4.78 is 29.6. The number of sulfonamides is 1. The lowest BCUT2D eigenvalue weighted by molar-refractivity contribution is 0.0981. The molecule has 0 atom stereocenters. The standard InChI is InChI=1S/C31H28ClN3O3S/c1-21-8-15-27(16-9-21)39(37,38)34-31(36)25-14-17-29-30(19-25)35(22(2)33-29)20-26-13-12-24(18-28(26)32)11-10-23-6-4-3-5-7-23/h3-9,12-19H,10-11,20H2,1-2H3,(H,34,36). The van der Waals surface area contributed by atoms with Crippen molar-refractivity contribution in [2.45, 2.75) is 38.1 Å². The Hall–Kier alpha value is -3.94. The van der Waals surface area contributed by atoms with E-state index in [-0.39, 0.29) is 10.5 Å². The zero-order valence-electron chi connectivity index (χ0n) is 21.7. The van der Waals surface area contributed by atoms with E-state index in [1.807, 2.05) is 48.7 Å². The fraction of sp³-hybridized carbons (Fsp3) is 0.161. The maximum Gasteiger partial charge on any atom is 0.265 e. The van der Waals surface area contributed by atoms with Gasteiger partial charge in [0.1, 0.15) is 5.82 Å². The summed E-state index contributed by atoms with van der Waals surface area (Å²) in [6, 6.07) is 27.8. The summed E-state index contributed by atoms with van der Waals surface area (Å²) in [7, 11) is -4.00. The van der Waals surface area contributed by atoms with Crippen molar-refractivity contribution >= 4 is 38.6 Å². The molecule has 0 saturated carbocycles. The van der Waals surface area contributed by atoms with Crippen LogP contribution < -0.4 is 4.72 Å². The van der Waals surface area contributed by atoms with Gasteiger partial charge in [0.25, 0.3) is 15.9 Å². The molecule has 0 spiro atoms. The summed E-state index contributed by atoms with van der Waals surface area (Å²) in [5.41, 5.74) is 5.95. The van der Waals surface area contributed by atoms with Crippen molar-refractivity contribution in [3.63, 3.8) is 0 Å². The zero-order chi connectivity index (χ0) is 27.6. The molecule has 4 aromatic carbocycles. The van der Waals surface area contributed by atoms with Gasteiger partial charge in [-0.3, -0.25) is 4.79 Å². The Balaban J connectivity index is 1.36. The second-order valence-electron chi connectivity index (χ2n) is 9.61. The van der Waals surface area contributed by atoms with Crippen LogP contribution in [0.25, 0.3) is 11.0 Å². The van der Waals surface area contributed by atoms with Gasteiger partial charge < -0.3 is 4.57 Å². The quantitative estimate of drug-likeness (QED) is 0.244. The van der Waals surface area contributed by atoms with Crippen molar-refractivity contribution < 1.29 is 13.2 Å². The van der Waals surface area contributed by atoms with Crippen LogP contribution in [0.4, 0.5) is 0 Å². The number of imidazole rings is 1. The Morgan fingerprint density at radius 2 is 1.59 bits per heavy atom. The molecule has 0 aliphatic carbocycles. The summed E-state index contributed by atoms with van der Waals surface area (Å²) >= 11 is 6.69. The molecular weight excluding hydrogens is 530 g/mol. The molecule has 0 saturated heterocycles. The van der Waals surface area contributed by atoms with Gasteiger partial charge in [-0.25, -0.2) is 18.1 Å². The predicted octanol–water partition coefficient (Wildman–Crippen LogP) is 6.26. The van der Waals surface area contributed by atoms with Gasteiger partial charge in [0.2, 0.25) is 0 Å². The molecule has 0 radical (unpaired) electrons. The summed E-state index contributed by atoms with van der Waals surface area (Å²) in [5, 5.41) is 0.667. The Morgan fingerprint density at radius 1 is 0.872 bits per heavy atom. The topological polar surface area (TPSA) is 81.1 Å². The number of nitrogens with zero attached hydrogens (tertiary/aromatic N) is 2. The highest BCUT2D eigenvalue weighted by Crippen LogP contribution is 2.25. The molecule has 5 aromatic rings. The molecule has 39 heavy (non-hydrogen) atoms. The van der Waals surface area contributed by atoms with Gasteiger partial charge in [-0.1, -0.05) is 71.8 Å². The van der Waals surface area contributed by atoms with Crippen LogP contribution in [0.5, 0.6) is 0 Å². The smallest absolute Gasteiger partial charge is 0.265 e. The fourth-order valence-corrected chi connectivity index (χ4v) is 5.76. The van der Waals surface area contributed by atoms with E-state index in [1.165, 1.54) is 17.7 Å². The highest BCUT2D eigenvalue weighted by molar-refractivity contribution is 7.90. The maximum absolute atomic E-state index is 12.9. The first-order valence-corrected chi connectivity index (χ1v) is 14.5. The first-order chi connectivity index (χ1) is 18.7. The summed E-state index contributed by atoms with van der Waals surface area (Å²) in [6.45, 7) is 4.22. The van der Waals surface area contributed by atoms with Gasteiger partial charge in [0.05, 0.1) is 22.5 Å². The van der Waals surface area contributed by atoms with Crippen LogP contribution in [0.15, 0.2) is 95.9 Å². The fourth-order valence-electron chi connectivity index (χ4n) is 4.52. The first kappa shape index (κ1) is 26.7. The molecule has 0 bridgehead atoms. The minimum Gasteiger partial charge on any atom is -0.324 e. The van der Waals surface area contributed by atoms with Gasteiger partial charge in [-0.2, -0.15) is 0 Å². The second kappa shape index (κ2) is 11.0. The lowest BCUT2D eigenvalue weighted by atomic mass is 10.0. The van der Waals surface area contributed by atoms with Crippen LogP contribution in [0, 0.1) is 13.8 Å². The lowest BCUT2D eigenvalue weighted by Gasteiger charge is -2.12. The van der Waals surface area contributed by atoms with Gasteiger partial charge in [0.15, 0.2) is 0 Å². The molecule has 0 aliphatic heterocycles. The third-order valence-electron chi connectivity index (χ3n) is 6.75. The molecule has 1 heterocycles. The number of hydrogen-bond donors (Lipinski definition) is 1. The molecular formula is C31H28ClN3O3S. The molecule has 0 aliphatic rings. The van der Waals surface area contributed by atoms with Crippen LogP contribution in [0.3, 0.4) is 0 Å². The van der Waals surface area contributed by atoms with E-state index in [2.05, 4.69) is 27.9 Å².